The quantitative estimate of drug-likeness (QED) is 0.812. The molecule has 5 nitrogen and oxygen atoms in total. The molecule has 2 aliphatic rings. The van der Waals surface area contributed by atoms with Crippen LogP contribution in [-0.4, -0.2) is 47.1 Å². The number of likely N-dealkylation sites (tertiary alicyclic amines) is 1. The molecule has 1 amide bonds. The monoisotopic (exact) mass is 296 g/mol. The zero-order valence-electron chi connectivity index (χ0n) is 13.4. The first-order valence-corrected chi connectivity index (χ1v) is 8.17. The molecule has 0 aromatic carbocycles. The van der Waals surface area contributed by atoms with Crippen LogP contribution in [-0.2, 0) is 9.59 Å². The van der Waals surface area contributed by atoms with E-state index in [2.05, 4.69) is 19.2 Å². The molecule has 5 heteroatoms. The van der Waals surface area contributed by atoms with Crippen molar-refractivity contribution in [3.63, 3.8) is 0 Å². The first kappa shape index (κ1) is 16.3. The van der Waals surface area contributed by atoms with Gasteiger partial charge in [-0.15, -0.1) is 0 Å². The van der Waals surface area contributed by atoms with Gasteiger partial charge in [-0.3, -0.25) is 4.79 Å². The molecule has 0 aliphatic carbocycles. The smallest absolute Gasteiger partial charge is 0.329 e. The average Bonchev–Trinajstić information content (AvgIpc) is 3.06. The predicted molar refractivity (Wildman–Crippen MR) is 81.0 cm³/mol. The maximum absolute atomic E-state index is 13.2. The summed E-state index contributed by atoms with van der Waals surface area (Å²) < 4.78 is 0. The lowest BCUT2D eigenvalue weighted by molar-refractivity contribution is -0.162. The Balaban J connectivity index is 2.34. The molecule has 2 saturated heterocycles. The molecule has 0 bridgehead atoms. The zero-order valence-corrected chi connectivity index (χ0v) is 13.4. The number of amides is 1. The van der Waals surface area contributed by atoms with Crippen molar-refractivity contribution >= 4 is 11.9 Å². The van der Waals surface area contributed by atoms with Crippen molar-refractivity contribution in [3.8, 4) is 0 Å². The maximum atomic E-state index is 13.2. The molecule has 2 N–H and O–H groups in total. The van der Waals surface area contributed by atoms with Crippen LogP contribution in [0, 0.1) is 11.3 Å². The van der Waals surface area contributed by atoms with Gasteiger partial charge >= 0.3 is 5.97 Å². The molecule has 2 fully saturated rings. The van der Waals surface area contributed by atoms with Crippen LogP contribution in [0.5, 0.6) is 0 Å². The van der Waals surface area contributed by atoms with Crippen molar-refractivity contribution in [1.82, 2.24) is 10.2 Å². The molecular weight excluding hydrogens is 268 g/mol. The summed E-state index contributed by atoms with van der Waals surface area (Å²) in [6.45, 7) is 8.22. The maximum Gasteiger partial charge on any atom is 0.329 e. The van der Waals surface area contributed by atoms with E-state index in [9.17, 15) is 14.7 Å². The Morgan fingerprint density at radius 3 is 2.52 bits per heavy atom. The zero-order chi connectivity index (χ0) is 15.7. The molecule has 0 spiro atoms. The minimum Gasteiger partial charge on any atom is -0.479 e. The highest BCUT2D eigenvalue weighted by Crippen LogP contribution is 2.42. The number of carboxylic acids is 1. The lowest BCUT2D eigenvalue weighted by Crippen LogP contribution is -2.58. The minimum atomic E-state index is -0.976. The summed E-state index contributed by atoms with van der Waals surface area (Å²) in [5, 5.41) is 13.1. The Bertz CT molecular complexity index is 416. The molecule has 21 heavy (non-hydrogen) atoms. The van der Waals surface area contributed by atoms with Crippen LogP contribution >= 0.6 is 0 Å². The average molecular weight is 296 g/mol. The molecule has 2 unspecified atom stereocenters. The second-order valence-corrected chi connectivity index (χ2v) is 6.88. The molecule has 2 aliphatic heterocycles. The highest BCUT2D eigenvalue weighted by molar-refractivity contribution is 5.91. The number of carboxylic acid groups (broad SMARTS) is 1. The summed E-state index contributed by atoms with van der Waals surface area (Å²) in [6, 6.07) is 0. The fraction of sp³-hybridized carbons (Fsp3) is 0.875. The van der Waals surface area contributed by atoms with Crippen molar-refractivity contribution in [2.45, 2.75) is 58.4 Å². The Morgan fingerprint density at radius 1 is 1.33 bits per heavy atom. The van der Waals surface area contributed by atoms with Crippen molar-refractivity contribution < 1.29 is 14.7 Å². The highest BCUT2D eigenvalue weighted by Gasteiger charge is 2.55. The van der Waals surface area contributed by atoms with Gasteiger partial charge in [-0.05, 0) is 38.1 Å². The van der Waals surface area contributed by atoms with Crippen LogP contribution in [0.4, 0.5) is 0 Å². The van der Waals surface area contributed by atoms with Crippen molar-refractivity contribution in [2.24, 2.45) is 11.3 Å². The van der Waals surface area contributed by atoms with Gasteiger partial charge in [-0.25, -0.2) is 4.79 Å². The van der Waals surface area contributed by atoms with E-state index in [4.69, 9.17) is 0 Å². The topological polar surface area (TPSA) is 69.6 Å². The Morgan fingerprint density at radius 2 is 2.05 bits per heavy atom. The third-order valence-electron chi connectivity index (χ3n) is 5.52. The lowest BCUT2D eigenvalue weighted by Gasteiger charge is -2.42. The van der Waals surface area contributed by atoms with Crippen molar-refractivity contribution in [3.05, 3.63) is 0 Å². The number of nitrogens with zero attached hydrogens (tertiary/aromatic N) is 1. The molecule has 0 radical (unpaired) electrons. The van der Waals surface area contributed by atoms with Gasteiger partial charge in [0.2, 0.25) is 5.91 Å². The van der Waals surface area contributed by atoms with Gasteiger partial charge in [-0.2, -0.15) is 0 Å². The Kier molecular flexibility index (Phi) is 4.61. The van der Waals surface area contributed by atoms with Gasteiger partial charge in [0.1, 0.15) is 5.54 Å². The second-order valence-electron chi connectivity index (χ2n) is 6.88. The van der Waals surface area contributed by atoms with Gasteiger partial charge < -0.3 is 15.3 Å². The number of hydrogen-bond donors (Lipinski definition) is 2. The first-order chi connectivity index (χ1) is 9.90. The van der Waals surface area contributed by atoms with E-state index in [1.165, 1.54) is 0 Å². The van der Waals surface area contributed by atoms with E-state index < -0.39 is 16.9 Å². The largest absolute Gasteiger partial charge is 0.479 e. The molecule has 120 valence electrons. The van der Waals surface area contributed by atoms with Crippen LogP contribution in [0.25, 0.3) is 0 Å². The molecule has 0 aromatic heterocycles. The fourth-order valence-corrected chi connectivity index (χ4v) is 4.08. The predicted octanol–water partition coefficient (Wildman–Crippen LogP) is 1.87. The van der Waals surface area contributed by atoms with Crippen LogP contribution in [0.15, 0.2) is 0 Å². The van der Waals surface area contributed by atoms with Crippen molar-refractivity contribution in [1.29, 1.82) is 0 Å². The third-order valence-corrected chi connectivity index (χ3v) is 5.52. The summed E-state index contributed by atoms with van der Waals surface area (Å²) in [7, 11) is 0. The molecular formula is C16H28N2O3. The molecule has 0 aromatic rings. The van der Waals surface area contributed by atoms with Crippen LogP contribution in [0.3, 0.4) is 0 Å². The van der Waals surface area contributed by atoms with Crippen molar-refractivity contribution in [2.75, 3.05) is 19.6 Å². The normalized spacial score (nSPS) is 32.9. The SMILES string of the molecule is CCCC1(C(=O)O)CCCN1C(=O)C1(C(C)C)CCNC1. The lowest BCUT2D eigenvalue weighted by atomic mass is 9.74. The van der Waals surface area contributed by atoms with E-state index in [1.54, 1.807) is 4.90 Å². The summed E-state index contributed by atoms with van der Waals surface area (Å²) in [5.74, 6) is -0.565. The van der Waals surface area contributed by atoms with E-state index >= 15 is 0 Å². The number of aliphatic carboxylic acids is 1. The van der Waals surface area contributed by atoms with Gasteiger partial charge in [-0.1, -0.05) is 27.2 Å². The molecule has 2 heterocycles. The Hall–Kier alpha value is -1.10. The standard InChI is InChI=1S/C16H28N2O3/c1-4-6-16(14(20)21)7-5-10-18(16)13(19)15(12(2)3)8-9-17-11-15/h12,17H,4-11H2,1-3H3,(H,20,21). The van der Waals surface area contributed by atoms with Crippen LogP contribution in [0.2, 0.25) is 0 Å². The summed E-state index contributed by atoms with van der Waals surface area (Å²) in [6.07, 6.45) is 3.52. The number of carbonyl (C=O) groups is 2. The molecule has 2 rings (SSSR count). The minimum absolute atomic E-state index is 0.0517. The number of nitrogens with one attached hydrogen (secondary N) is 1. The summed E-state index contributed by atoms with van der Waals surface area (Å²) >= 11 is 0. The second kappa shape index (κ2) is 5.95. The Labute approximate surface area is 127 Å². The first-order valence-electron chi connectivity index (χ1n) is 8.17. The number of hydrogen-bond acceptors (Lipinski definition) is 3. The summed E-state index contributed by atoms with van der Waals surface area (Å²) in [5.41, 5.74) is -1.41. The summed E-state index contributed by atoms with van der Waals surface area (Å²) in [4.78, 5) is 26.8. The number of rotatable bonds is 5. The third kappa shape index (κ3) is 2.45. The van der Waals surface area contributed by atoms with E-state index in [-0.39, 0.29) is 11.8 Å². The van der Waals surface area contributed by atoms with E-state index in [0.29, 0.717) is 25.9 Å². The number of carbonyl (C=O) groups excluding carboxylic acids is 1. The molecule has 2 atom stereocenters. The van der Waals surface area contributed by atoms with Gasteiger partial charge in [0, 0.05) is 13.1 Å². The van der Waals surface area contributed by atoms with E-state index in [0.717, 1.165) is 25.8 Å². The van der Waals surface area contributed by atoms with Crippen LogP contribution < -0.4 is 5.32 Å². The highest BCUT2D eigenvalue weighted by atomic mass is 16.4. The fourth-order valence-electron chi connectivity index (χ4n) is 4.08. The van der Waals surface area contributed by atoms with Gasteiger partial charge in [0.05, 0.1) is 5.41 Å². The van der Waals surface area contributed by atoms with Gasteiger partial charge in [0.15, 0.2) is 0 Å². The van der Waals surface area contributed by atoms with Gasteiger partial charge in [0.25, 0.3) is 0 Å². The van der Waals surface area contributed by atoms with Crippen LogP contribution in [0.1, 0.15) is 52.9 Å². The molecule has 0 saturated carbocycles. The van der Waals surface area contributed by atoms with E-state index in [1.807, 2.05) is 6.92 Å².